The average molecular weight is 781 g/mol. The molecule has 3 aromatic carbocycles. The highest BCUT2D eigenvalue weighted by Gasteiger charge is 2.38. The first kappa shape index (κ1) is 37.2. The number of rotatable bonds is 11. The van der Waals surface area contributed by atoms with Crippen LogP contribution in [0.1, 0.15) is 81.5 Å². The number of nitrogens with one attached hydrogen (secondary N) is 3. The van der Waals surface area contributed by atoms with Crippen molar-refractivity contribution in [2.75, 3.05) is 20.2 Å². The van der Waals surface area contributed by atoms with E-state index in [0.717, 1.165) is 114 Å². The summed E-state index contributed by atoms with van der Waals surface area (Å²) in [7, 11) is 1.30. The van der Waals surface area contributed by atoms with Crippen LogP contribution in [-0.4, -0.2) is 79.0 Å². The summed E-state index contributed by atoms with van der Waals surface area (Å²) in [6.07, 6.45) is 8.85. The third-order valence-corrected chi connectivity index (χ3v) is 12.0. The van der Waals surface area contributed by atoms with E-state index in [0.29, 0.717) is 6.54 Å². The predicted octanol–water partition coefficient (Wildman–Crippen LogP) is 7.95. The van der Waals surface area contributed by atoms with E-state index >= 15 is 0 Å². The number of hydrogen-bond donors (Lipinski definition) is 3. The van der Waals surface area contributed by atoms with E-state index in [4.69, 9.17) is 14.5 Å². The Labute approximate surface area is 336 Å². The number of fused-ring (bicyclic) bond motifs is 5. The van der Waals surface area contributed by atoms with Crippen LogP contribution in [0.15, 0.2) is 85.2 Å². The standard InChI is InChI=1S/C45H48N8O5/c1-27(2)41(50-45(56)57-3)44(55)52-20-8-12-37(52)43-47-24-33(49-43)29-15-17-35-31(21-29)22-38-32-16-14-30(34-25-46-42(48-34)36-11-7-19-51(36)26-54)23-39(32)58-40(53(35)38)18-13-28-9-5-4-6-10-28/h4-6,9-10,14-17,21-27,36-37,40-41H,7-8,11-13,18-20H2,1-3H3,(H,46,48)(H,47,49)(H,50,56). The minimum absolute atomic E-state index is 0.0302. The first-order valence-corrected chi connectivity index (χ1v) is 20.3. The molecular formula is C45H48N8O5. The van der Waals surface area contributed by atoms with Crippen molar-refractivity contribution in [3.05, 3.63) is 102 Å². The molecule has 6 aromatic rings. The molecule has 2 saturated heterocycles. The largest absolute Gasteiger partial charge is 0.469 e. The van der Waals surface area contributed by atoms with Gasteiger partial charge in [0.25, 0.3) is 0 Å². The molecule has 4 unspecified atom stereocenters. The van der Waals surface area contributed by atoms with Crippen LogP contribution in [0.5, 0.6) is 5.75 Å². The fourth-order valence-electron chi connectivity index (χ4n) is 8.95. The van der Waals surface area contributed by atoms with E-state index in [1.165, 1.54) is 12.7 Å². The monoisotopic (exact) mass is 780 g/mol. The summed E-state index contributed by atoms with van der Waals surface area (Å²) >= 11 is 0. The number of aryl methyl sites for hydroxylation is 1. The molecule has 3 N–H and O–H groups in total. The number of carbonyl (C=O) groups excluding carboxylic acids is 3. The van der Waals surface area contributed by atoms with Crippen LogP contribution in [0.25, 0.3) is 44.7 Å². The van der Waals surface area contributed by atoms with Gasteiger partial charge in [0.1, 0.15) is 23.4 Å². The van der Waals surface area contributed by atoms with Gasteiger partial charge in [-0.15, -0.1) is 0 Å². The maximum absolute atomic E-state index is 13.7. The zero-order chi connectivity index (χ0) is 39.9. The van der Waals surface area contributed by atoms with Gasteiger partial charge in [-0.05, 0) is 73.9 Å². The average Bonchev–Trinajstić information content (AvgIpc) is 4.10. The number of alkyl carbamates (subject to hydrolysis) is 1. The van der Waals surface area contributed by atoms with E-state index < -0.39 is 12.1 Å². The van der Waals surface area contributed by atoms with Crippen molar-refractivity contribution in [2.24, 2.45) is 5.92 Å². The summed E-state index contributed by atoms with van der Waals surface area (Å²) in [5.41, 5.74) is 8.13. The van der Waals surface area contributed by atoms with Gasteiger partial charge in [0.05, 0.1) is 54.2 Å². The summed E-state index contributed by atoms with van der Waals surface area (Å²) in [5.74, 6) is 2.10. The molecule has 0 bridgehead atoms. The highest BCUT2D eigenvalue weighted by molar-refractivity contribution is 5.92. The summed E-state index contributed by atoms with van der Waals surface area (Å²) < 4.78 is 14.0. The van der Waals surface area contributed by atoms with Crippen molar-refractivity contribution in [1.82, 2.24) is 39.6 Å². The molecule has 4 atom stereocenters. The molecule has 298 valence electrons. The van der Waals surface area contributed by atoms with Crippen LogP contribution in [-0.2, 0) is 20.7 Å². The van der Waals surface area contributed by atoms with E-state index in [9.17, 15) is 14.4 Å². The van der Waals surface area contributed by atoms with Crippen LogP contribution in [0, 0.1) is 5.92 Å². The predicted molar refractivity (Wildman–Crippen MR) is 220 cm³/mol. The van der Waals surface area contributed by atoms with Crippen LogP contribution >= 0.6 is 0 Å². The van der Waals surface area contributed by atoms with Crippen molar-refractivity contribution < 1.29 is 23.9 Å². The van der Waals surface area contributed by atoms with Crippen molar-refractivity contribution in [1.29, 1.82) is 0 Å². The summed E-state index contributed by atoms with van der Waals surface area (Å²) in [4.78, 5) is 57.6. The van der Waals surface area contributed by atoms with Crippen molar-refractivity contribution in [3.8, 4) is 39.5 Å². The highest BCUT2D eigenvalue weighted by Crippen LogP contribution is 2.45. The Morgan fingerprint density at radius 2 is 1.62 bits per heavy atom. The zero-order valence-electron chi connectivity index (χ0n) is 33.0. The van der Waals surface area contributed by atoms with Crippen LogP contribution in [0.3, 0.4) is 0 Å². The molecule has 0 aliphatic carbocycles. The van der Waals surface area contributed by atoms with Gasteiger partial charge < -0.3 is 39.1 Å². The topological polar surface area (TPSA) is 150 Å². The molecule has 9 rings (SSSR count). The quantitative estimate of drug-likeness (QED) is 0.113. The number of ether oxygens (including phenoxy) is 2. The van der Waals surface area contributed by atoms with Gasteiger partial charge in [0.15, 0.2) is 6.23 Å². The number of carbonyl (C=O) groups is 3. The van der Waals surface area contributed by atoms with E-state index in [2.05, 4.69) is 91.6 Å². The van der Waals surface area contributed by atoms with Crippen LogP contribution < -0.4 is 10.1 Å². The van der Waals surface area contributed by atoms with E-state index in [1.807, 2.05) is 42.1 Å². The number of nitrogens with zero attached hydrogens (tertiary/aromatic N) is 5. The van der Waals surface area contributed by atoms with Gasteiger partial charge in [0.2, 0.25) is 12.3 Å². The highest BCUT2D eigenvalue weighted by atomic mass is 16.5. The summed E-state index contributed by atoms with van der Waals surface area (Å²) in [6.45, 7) is 5.17. The lowest BCUT2D eigenvalue weighted by molar-refractivity contribution is -0.135. The second-order valence-corrected chi connectivity index (χ2v) is 15.9. The Kier molecular flexibility index (Phi) is 9.96. The molecule has 6 heterocycles. The van der Waals surface area contributed by atoms with Crippen molar-refractivity contribution in [3.63, 3.8) is 0 Å². The SMILES string of the molecule is COC(=O)NC(C(=O)N1CCCC1c1ncc(-c2ccc3c(c2)cc2n3C(CCc3ccccc3)Oc3cc(-c4cnc(C5CCCN5C=O)[nH]4)ccc3-2)[nH]1)C(C)C. The molecule has 2 fully saturated rings. The maximum atomic E-state index is 13.7. The molecule has 3 aromatic heterocycles. The smallest absolute Gasteiger partial charge is 0.407 e. The van der Waals surface area contributed by atoms with E-state index in [1.54, 1.807) is 0 Å². The molecular weight excluding hydrogens is 733 g/mol. The third-order valence-electron chi connectivity index (χ3n) is 12.0. The van der Waals surface area contributed by atoms with Crippen molar-refractivity contribution in [2.45, 2.75) is 76.7 Å². The second-order valence-electron chi connectivity index (χ2n) is 15.9. The number of methoxy groups -OCH3 is 1. The molecule has 0 saturated carbocycles. The molecule has 13 nitrogen and oxygen atoms in total. The number of aromatic amines is 2. The Balaban J connectivity index is 1.02. The first-order chi connectivity index (χ1) is 28.3. The minimum Gasteiger partial charge on any atom is -0.469 e. The summed E-state index contributed by atoms with van der Waals surface area (Å²) in [6, 6.07) is 24.6. The van der Waals surface area contributed by atoms with Gasteiger partial charge in [-0.3, -0.25) is 9.59 Å². The van der Waals surface area contributed by atoms with E-state index in [-0.39, 0.29) is 30.1 Å². The third kappa shape index (κ3) is 6.88. The van der Waals surface area contributed by atoms with Crippen LogP contribution in [0.2, 0.25) is 0 Å². The van der Waals surface area contributed by atoms with Crippen LogP contribution in [0.4, 0.5) is 4.79 Å². The molecule has 13 heteroatoms. The molecule has 3 aliphatic rings. The Morgan fingerprint density at radius 1 is 0.914 bits per heavy atom. The normalized spacial score (nSPS) is 19.2. The molecule has 3 aliphatic heterocycles. The lowest BCUT2D eigenvalue weighted by Gasteiger charge is -2.30. The Morgan fingerprint density at radius 3 is 2.36 bits per heavy atom. The van der Waals surface area contributed by atoms with Gasteiger partial charge in [0, 0.05) is 41.6 Å². The van der Waals surface area contributed by atoms with Gasteiger partial charge in [-0.1, -0.05) is 56.3 Å². The lowest BCUT2D eigenvalue weighted by Crippen LogP contribution is -2.51. The lowest BCUT2D eigenvalue weighted by atomic mass is 10.0. The number of amides is 3. The minimum atomic E-state index is -0.696. The first-order valence-electron chi connectivity index (χ1n) is 20.3. The zero-order valence-corrected chi connectivity index (χ0v) is 33.0. The van der Waals surface area contributed by atoms with Gasteiger partial charge in [-0.2, -0.15) is 0 Å². The van der Waals surface area contributed by atoms with Gasteiger partial charge in [-0.25, -0.2) is 14.8 Å². The fourth-order valence-corrected chi connectivity index (χ4v) is 8.95. The molecule has 3 amide bonds. The van der Waals surface area contributed by atoms with Gasteiger partial charge >= 0.3 is 6.09 Å². The number of aromatic nitrogens is 5. The number of imidazole rings is 2. The fraction of sp³-hybridized carbons (Fsp3) is 0.356. The number of hydrogen-bond acceptors (Lipinski definition) is 7. The number of likely N-dealkylation sites (tertiary alicyclic amines) is 2. The Hall–Kier alpha value is -6.37. The molecule has 0 radical (unpaired) electrons. The number of H-pyrrole nitrogens is 2. The Bertz CT molecular complexity index is 2470. The maximum Gasteiger partial charge on any atom is 0.407 e. The molecule has 58 heavy (non-hydrogen) atoms. The van der Waals surface area contributed by atoms with Crippen molar-refractivity contribution >= 4 is 29.3 Å². The second kappa shape index (κ2) is 15.5. The summed E-state index contributed by atoms with van der Waals surface area (Å²) in [5, 5.41) is 3.80. The molecule has 0 spiro atoms. The number of benzene rings is 3.